The minimum Gasteiger partial charge on any atom is -0.235 e. The molecule has 0 atom stereocenters. The molecule has 2 rings (SSSR count). The summed E-state index contributed by atoms with van der Waals surface area (Å²) in [6, 6.07) is 10.2. The van der Waals surface area contributed by atoms with Gasteiger partial charge in [-0.2, -0.15) is 13.2 Å². The standard InChI is InChI=1S/C12H7ClF3N/c13-10-7-6-9(12(14,15)16)11(17-10)8-4-2-1-3-5-8/h1-7H. The second-order valence-electron chi connectivity index (χ2n) is 3.39. The summed E-state index contributed by atoms with van der Waals surface area (Å²) in [7, 11) is 0. The number of aromatic nitrogens is 1. The number of nitrogens with zero attached hydrogens (tertiary/aromatic N) is 1. The molecule has 0 amide bonds. The van der Waals surface area contributed by atoms with Gasteiger partial charge < -0.3 is 0 Å². The SMILES string of the molecule is FC(F)(F)c1ccc(Cl)nc1-c1ccccc1. The quantitative estimate of drug-likeness (QED) is 0.689. The predicted molar refractivity (Wildman–Crippen MR) is 59.7 cm³/mol. The summed E-state index contributed by atoms with van der Waals surface area (Å²) in [5.41, 5.74) is -0.541. The second kappa shape index (κ2) is 4.37. The summed E-state index contributed by atoms with van der Waals surface area (Å²) in [5.74, 6) is 0. The number of alkyl halides is 3. The third kappa shape index (κ3) is 2.58. The third-order valence-electron chi connectivity index (χ3n) is 2.21. The lowest BCUT2D eigenvalue weighted by molar-refractivity contribution is -0.137. The fourth-order valence-electron chi connectivity index (χ4n) is 1.48. The number of halogens is 4. The van der Waals surface area contributed by atoms with Crippen molar-refractivity contribution in [3.05, 3.63) is 53.2 Å². The largest absolute Gasteiger partial charge is 0.418 e. The Balaban J connectivity index is 2.64. The first-order valence-corrected chi connectivity index (χ1v) is 5.15. The minimum atomic E-state index is -4.44. The molecule has 0 aliphatic rings. The van der Waals surface area contributed by atoms with E-state index in [9.17, 15) is 13.2 Å². The van der Waals surface area contributed by atoms with Gasteiger partial charge in [-0.15, -0.1) is 0 Å². The first-order valence-electron chi connectivity index (χ1n) is 4.77. The van der Waals surface area contributed by atoms with Gasteiger partial charge in [-0.1, -0.05) is 41.9 Å². The number of hydrogen-bond acceptors (Lipinski definition) is 1. The van der Waals surface area contributed by atoms with Crippen LogP contribution in [-0.4, -0.2) is 4.98 Å². The average molecular weight is 258 g/mol. The van der Waals surface area contributed by atoms with E-state index in [0.717, 1.165) is 12.1 Å². The van der Waals surface area contributed by atoms with Crippen LogP contribution in [0.2, 0.25) is 5.15 Å². The summed E-state index contributed by atoms with van der Waals surface area (Å²) in [5, 5.41) is 0.0388. The van der Waals surface area contributed by atoms with Gasteiger partial charge in [0.25, 0.3) is 0 Å². The van der Waals surface area contributed by atoms with Crippen LogP contribution in [0, 0.1) is 0 Å². The maximum Gasteiger partial charge on any atom is 0.418 e. The van der Waals surface area contributed by atoms with Crippen LogP contribution in [0.25, 0.3) is 11.3 Å². The van der Waals surface area contributed by atoms with Gasteiger partial charge in [0, 0.05) is 5.56 Å². The molecule has 0 radical (unpaired) electrons. The van der Waals surface area contributed by atoms with Crippen molar-refractivity contribution in [3.63, 3.8) is 0 Å². The van der Waals surface area contributed by atoms with Crippen LogP contribution in [0.4, 0.5) is 13.2 Å². The topological polar surface area (TPSA) is 12.9 Å². The summed E-state index contributed by atoms with van der Waals surface area (Å²) >= 11 is 5.64. The molecule has 1 heterocycles. The summed E-state index contributed by atoms with van der Waals surface area (Å²) in [6.45, 7) is 0. The van der Waals surface area contributed by atoms with Crippen molar-refractivity contribution >= 4 is 11.6 Å². The van der Waals surface area contributed by atoms with E-state index >= 15 is 0 Å². The predicted octanol–water partition coefficient (Wildman–Crippen LogP) is 4.42. The van der Waals surface area contributed by atoms with E-state index in [0.29, 0.717) is 5.56 Å². The molecule has 0 saturated carbocycles. The lowest BCUT2D eigenvalue weighted by Crippen LogP contribution is -2.08. The first-order chi connectivity index (χ1) is 7.98. The van der Waals surface area contributed by atoms with Crippen LogP contribution in [0.5, 0.6) is 0 Å². The van der Waals surface area contributed by atoms with Crippen LogP contribution < -0.4 is 0 Å². The molecule has 1 nitrogen and oxygen atoms in total. The van der Waals surface area contributed by atoms with Gasteiger partial charge in [0.1, 0.15) is 5.15 Å². The lowest BCUT2D eigenvalue weighted by Gasteiger charge is -2.12. The summed E-state index contributed by atoms with van der Waals surface area (Å²) < 4.78 is 38.3. The molecule has 0 N–H and O–H groups in total. The molecular formula is C12H7ClF3N. The van der Waals surface area contributed by atoms with E-state index in [2.05, 4.69) is 4.98 Å². The van der Waals surface area contributed by atoms with E-state index in [1.807, 2.05) is 0 Å². The maximum atomic E-state index is 12.8. The van der Waals surface area contributed by atoms with Gasteiger partial charge >= 0.3 is 6.18 Å². The van der Waals surface area contributed by atoms with Gasteiger partial charge in [0.2, 0.25) is 0 Å². The monoisotopic (exact) mass is 257 g/mol. The Bertz CT molecular complexity index is 523. The highest BCUT2D eigenvalue weighted by Crippen LogP contribution is 2.36. The Morgan fingerprint density at radius 2 is 1.59 bits per heavy atom. The Morgan fingerprint density at radius 3 is 2.18 bits per heavy atom. The number of rotatable bonds is 1. The first kappa shape index (κ1) is 11.9. The Morgan fingerprint density at radius 1 is 0.941 bits per heavy atom. The third-order valence-corrected chi connectivity index (χ3v) is 2.42. The van der Waals surface area contributed by atoms with E-state index in [1.165, 1.54) is 0 Å². The van der Waals surface area contributed by atoms with Gasteiger partial charge in [0.05, 0.1) is 11.3 Å². The highest BCUT2D eigenvalue weighted by molar-refractivity contribution is 6.29. The summed E-state index contributed by atoms with van der Waals surface area (Å²) in [6.07, 6.45) is -4.44. The number of hydrogen-bond donors (Lipinski definition) is 0. The molecule has 88 valence electrons. The second-order valence-corrected chi connectivity index (χ2v) is 3.78. The molecule has 0 spiro atoms. The van der Waals surface area contributed by atoms with Crippen molar-refractivity contribution in [1.29, 1.82) is 0 Å². The highest BCUT2D eigenvalue weighted by Gasteiger charge is 2.34. The molecule has 2 aromatic rings. The molecule has 0 saturated heterocycles. The molecular weight excluding hydrogens is 251 g/mol. The Labute approximate surface area is 101 Å². The molecule has 1 aromatic carbocycles. The lowest BCUT2D eigenvalue weighted by atomic mass is 10.1. The van der Waals surface area contributed by atoms with Crippen molar-refractivity contribution < 1.29 is 13.2 Å². The molecule has 0 aliphatic carbocycles. The van der Waals surface area contributed by atoms with Crippen LogP contribution in [0.15, 0.2) is 42.5 Å². The van der Waals surface area contributed by atoms with Crippen LogP contribution in [-0.2, 0) is 6.18 Å². The molecule has 17 heavy (non-hydrogen) atoms. The zero-order chi connectivity index (χ0) is 12.5. The normalized spacial score (nSPS) is 11.5. The van der Waals surface area contributed by atoms with Crippen molar-refractivity contribution in [2.24, 2.45) is 0 Å². The van der Waals surface area contributed by atoms with Crippen molar-refractivity contribution in [2.45, 2.75) is 6.18 Å². The maximum absolute atomic E-state index is 12.8. The van der Waals surface area contributed by atoms with Crippen molar-refractivity contribution in [1.82, 2.24) is 4.98 Å². The van der Waals surface area contributed by atoms with Crippen LogP contribution in [0.1, 0.15) is 5.56 Å². The molecule has 0 aliphatic heterocycles. The molecule has 0 fully saturated rings. The highest BCUT2D eigenvalue weighted by atomic mass is 35.5. The zero-order valence-electron chi connectivity index (χ0n) is 8.50. The fraction of sp³-hybridized carbons (Fsp3) is 0.0833. The molecule has 0 unspecified atom stereocenters. The fourth-order valence-corrected chi connectivity index (χ4v) is 1.63. The van der Waals surface area contributed by atoms with E-state index < -0.39 is 11.7 Å². The minimum absolute atomic E-state index is 0.0388. The van der Waals surface area contributed by atoms with Crippen molar-refractivity contribution in [3.8, 4) is 11.3 Å². The number of benzene rings is 1. The van der Waals surface area contributed by atoms with E-state index in [1.54, 1.807) is 30.3 Å². The molecule has 0 bridgehead atoms. The van der Waals surface area contributed by atoms with Crippen molar-refractivity contribution in [2.75, 3.05) is 0 Å². The van der Waals surface area contributed by atoms with Gasteiger partial charge in [-0.05, 0) is 12.1 Å². The van der Waals surface area contributed by atoms with Crippen LogP contribution >= 0.6 is 11.6 Å². The Kier molecular flexibility index (Phi) is 3.07. The van der Waals surface area contributed by atoms with E-state index in [4.69, 9.17) is 11.6 Å². The summed E-state index contributed by atoms with van der Waals surface area (Å²) in [4.78, 5) is 3.76. The number of pyridine rings is 1. The Hall–Kier alpha value is -1.55. The van der Waals surface area contributed by atoms with Gasteiger partial charge in [-0.25, -0.2) is 4.98 Å². The average Bonchev–Trinajstić information content (AvgIpc) is 2.28. The van der Waals surface area contributed by atoms with Gasteiger partial charge in [0.15, 0.2) is 0 Å². The molecule has 1 aromatic heterocycles. The van der Waals surface area contributed by atoms with Gasteiger partial charge in [-0.3, -0.25) is 0 Å². The van der Waals surface area contributed by atoms with Crippen LogP contribution in [0.3, 0.4) is 0 Å². The van der Waals surface area contributed by atoms with E-state index in [-0.39, 0.29) is 10.8 Å². The molecule has 5 heteroatoms. The smallest absolute Gasteiger partial charge is 0.235 e. The zero-order valence-corrected chi connectivity index (χ0v) is 9.26.